The van der Waals surface area contributed by atoms with Gasteiger partial charge in [0.15, 0.2) is 0 Å². The second-order valence-corrected chi connectivity index (χ2v) is 9.86. The zero-order chi connectivity index (χ0) is 23.6. The fourth-order valence-corrected chi connectivity index (χ4v) is 5.67. The van der Waals surface area contributed by atoms with Crippen molar-refractivity contribution >= 4 is 34.3 Å². The van der Waals surface area contributed by atoms with E-state index < -0.39 is 12.2 Å². The van der Waals surface area contributed by atoms with Gasteiger partial charge in [-0.05, 0) is 35.7 Å². The Bertz CT molecular complexity index is 917. The molecule has 0 saturated heterocycles. The summed E-state index contributed by atoms with van der Waals surface area (Å²) in [5, 5.41) is 22.8. The van der Waals surface area contributed by atoms with Crippen molar-refractivity contribution in [1.29, 1.82) is 0 Å². The van der Waals surface area contributed by atoms with E-state index in [1.54, 1.807) is 0 Å². The summed E-state index contributed by atoms with van der Waals surface area (Å²) in [4.78, 5) is 23.5. The average molecular weight is 475 g/mol. The second-order valence-electron chi connectivity index (χ2n) is 8.65. The van der Waals surface area contributed by atoms with Gasteiger partial charge in [-0.15, -0.1) is 0 Å². The minimum atomic E-state index is -0.691. The number of Topliss-reactive ketones (excluding diaryl/α,β-unsaturated/α-hetero) is 1. The predicted molar refractivity (Wildman–Crippen MR) is 131 cm³/mol. The Hall–Kier alpha value is -2.09. The molecule has 2 N–H and O–H groups in total. The highest BCUT2D eigenvalue weighted by Gasteiger charge is 2.41. The van der Waals surface area contributed by atoms with Crippen LogP contribution in [0, 0.1) is 5.92 Å². The van der Waals surface area contributed by atoms with Gasteiger partial charge in [-0.2, -0.15) is 11.8 Å². The molecule has 0 amide bonds. The van der Waals surface area contributed by atoms with Crippen LogP contribution in [0.15, 0.2) is 42.5 Å². The molecule has 1 saturated carbocycles. The van der Waals surface area contributed by atoms with E-state index in [0.29, 0.717) is 17.9 Å². The molecule has 2 aromatic carbocycles. The fraction of sp³-hybridized carbons (Fsp3) is 0.538. The standard InChI is InChI=1S/C26H34O6S/c1-31-25(30)11-5-3-2-4-10-22-23(28)15-24(29)26(22)33-17-20(27)16-32-21-13-12-18-8-6-7-9-19(18)14-21/h6-9,12-14,20,22,24,26-27,29H,2-5,10-11,15-17H2,1H3. The molecule has 0 aromatic heterocycles. The molecular formula is C26H34O6S. The Morgan fingerprint density at radius 3 is 2.67 bits per heavy atom. The first kappa shape index (κ1) is 25.5. The predicted octanol–water partition coefficient (Wildman–Crippen LogP) is 4.14. The van der Waals surface area contributed by atoms with Gasteiger partial charge >= 0.3 is 5.97 Å². The van der Waals surface area contributed by atoms with E-state index in [4.69, 9.17) is 4.74 Å². The highest BCUT2D eigenvalue weighted by Crippen LogP contribution is 2.36. The van der Waals surface area contributed by atoms with E-state index in [2.05, 4.69) is 4.74 Å². The zero-order valence-corrected chi connectivity index (χ0v) is 20.0. The number of thioether (sulfide) groups is 1. The summed E-state index contributed by atoms with van der Waals surface area (Å²) in [5.41, 5.74) is 0. The van der Waals surface area contributed by atoms with Crippen LogP contribution in [0.5, 0.6) is 5.75 Å². The van der Waals surface area contributed by atoms with Crippen LogP contribution in [-0.4, -0.2) is 58.9 Å². The topological polar surface area (TPSA) is 93.1 Å². The molecule has 1 aliphatic carbocycles. The minimum Gasteiger partial charge on any atom is -0.491 e. The Labute approximate surface area is 199 Å². The fourth-order valence-electron chi connectivity index (χ4n) is 4.29. The highest BCUT2D eigenvalue weighted by molar-refractivity contribution is 8.00. The van der Waals surface area contributed by atoms with Crippen molar-refractivity contribution in [3.63, 3.8) is 0 Å². The molecule has 4 unspecified atom stereocenters. The van der Waals surface area contributed by atoms with Gasteiger partial charge in [0.1, 0.15) is 18.1 Å². The van der Waals surface area contributed by atoms with Crippen LogP contribution < -0.4 is 4.74 Å². The normalized spacial score (nSPS) is 21.3. The van der Waals surface area contributed by atoms with Crippen molar-refractivity contribution in [2.75, 3.05) is 19.5 Å². The van der Waals surface area contributed by atoms with Gasteiger partial charge in [-0.25, -0.2) is 0 Å². The molecule has 180 valence electrons. The van der Waals surface area contributed by atoms with Gasteiger partial charge in [-0.1, -0.05) is 49.6 Å². The maximum Gasteiger partial charge on any atom is 0.305 e. The largest absolute Gasteiger partial charge is 0.491 e. The highest BCUT2D eigenvalue weighted by atomic mass is 32.2. The van der Waals surface area contributed by atoms with Crippen molar-refractivity contribution in [1.82, 2.24) is 0 Å². The summed E-state index contributed by atoms with van der Waals surface area (Å²) in [5.74, 6) is 0.844. The molecule has 7 heteroatoms. The summed E-state index contributed by atoms with van der Waals surface area (Å²) < 4.78 is 10.4. The number of aliphatic hydroxyl groups excluding tert-OH is 2. The molecular weight excluding hydrogens is 440 g/mol. The van der Waals surface area contributed by atoms with Crippen LogP contribution >= 0.6 is 11.8 Å². The number of unbranched alkanes of at least 4 members (excludes halogenated alkanes) is 3. The van der Waals surface area contributed by atoms with Gasteiger partial charge < -0.3 is 19.7 Å². The van der Waals surface area contributed by atoms with Crippen LogP contribution in [0.1, 0.15) is 44.9 Å². The van der Waals surface area contributed by atoms with Crippen LogP contribution in [-0.2, 0) is 14.3 Å². The average Bonchev–Trinajstić information content (AvgIpc) is 3.09. The van der Waals surface area contributed by atoms with Crippen LogP contribution in [0.25, 0.3) is 10.8 Å². The molecule has 3 rings (SSSR count). The zero-order valence-electron chi connectivity index (χ0n) is 19.2. The summed E-state index contributed by atoms with van der Waals surface area (Å²) in [6, 6.07) is 13.9. The Kier molecular flexibility index (Phi) is 10.0. The number of hydrogen-bond acceptors (Lipinski definition) is 7. The van der Waals surface area contributed by atoms with Gasteiger partial charge in [-0.3, -0.25) is 9.59 Å². The van der Waals surface area contributed by atoms with E-state index >= 15 is 0 Å². The molecule has 0 spiro atoms. The lowest BCUT2D eigenvalue weighted by molar-refractivity contribution is -0.140. The summed E-state index contributed by atoms with van der Waals surface area (Å²) in [6.07, 6.45) is 3.52. The number of esters is 1. The Morgan fingerprint density at radius 1 is 1.12 bits per heavy atom. The molecule has 33 heavy (non-hydrogen) atoms. The molecule has 4 atom stereocenters. The maximum absolute atomic E-state index is 12.4. The number of benzene rings is 2. The molecule has 0 bridgehead atoms. The van der Waals surface area contributed by atoms with Gasteiger partial charge in [0, 0.05) is 29.8 Å². The van der Waals surface area contributed by atoms with Crippen LogP contribution in [0.3, 0.4) is 0 Å². The van der Waals surface area contributed by atoms with Crippen molar-refractivity contribution in [3.8, 4) is 5.75 Å². The quantitative estimate of drug-likeness (QED) is 0.333. The number of hydrogen-bond donors (Lipinski definition) is 2. The molecule has 0 radical (unpaired) electrons. The second kappa shape index (κ2) is 13.0. The summed E-state index contributed by atoms with van der Waals surface area (Å²) >= 11 is 1.46. The third-order valence-electron chi connectivity index (χ3n) is 6.12. The Balaban J connectivity index is 1.39. The minimum absolute atomic E-state index is 0.108. The number of rotatable bonds is 13. The summed E-state index contributed by atoms with van der Waals surface area (Å²) in [6.45, 7) is 0.160. The van der Waals surface area contributed by atoms with Crippen molar-refractivity contribution in [2.24, 2.45) is 5.92 Å². The lowest BCUT2D eigenvalue weighted by Gasteiger charge is -2.22. The monoisotopic (exact) mass is 474 g/mol. The van der Waals surface area contributed by atoms with E-state index in [0.717, 1.165) is 42.9 Å². The molecule has 0 heterocycles. The molecule has 0 aliphatic heterocycles. The number of fused-ring (bicyclic) bond motifs is 1. The number of carbonyl (C=O) groups is 2. The first-order valence-corrected chi connectivity index (χ1v) is 12.7. The number of ether oxygens (including phenoxy) is 2. The third-order valence-corrected chi connectivity index (χ3v) is 7.72. The van der Waals surface area contributed by atoms with Crippen molar-refractivity contribution in [3.05, 3.63) is 42.5 Å². The Morgan fingerprint density at radius 2 is 1.88 bits per heavy atom. The van der Waals surface area contributed by atoms with Gasteiger partial charge in [0.2, 0.25) is 0 Å². The number of methoxy groups -OCH3 is 1. The molecule has 2 aromatic rings. The molecule has 1 aliphatic rings. The van der Waals surface area contributed by atoms with Gasteiger partial charge in [0.25, 0.3) is 0 Å². The lowest BCUT2D eigenvalue weighted by atomic mass is 9.98. The number of ketones is 1. The van der Waals surface area contributed by atoms with E-state index in [9.17, 15) is 19.8 Å². The first-order valence-electron chi connectivity index (χ1n) is 11.7. The van der Waals surface area contributed by atoms with Crippen molar-refractivity contribution in [2.45, 2.75) is 62.4 Å². The van der Waals surface area contributed by atoms with Crippen LogP contribution in [0.2, 0.25) is 0 Å². The third kappa shape index (κ3) is 7.73. The van der Waals surface area contributed by atoms with Crippen LogP contribution in [0.4, 0.5) is 0 Å². The summed E-state index contributed by atoms with van der Waals surface area (Å²) in [7, 11) is 1.39. The smallest absolute Gasteiger partial charge is 0.305 e. The molecule has 6 nitrogen and oxygen atoms in total. The lowest BCUT2D eigenvalue weighted by Crippen LogP contribution is -2.28. The SMILES string of the molecule is COC(=O)CCCCCCC1C(=O)CC(O)C1SCC(O)COc1ccc2ccccc2c1. The molecule has 1 fully saturated rings. The first-order chi connectivity index (χ1) is 16.0. The van der Waals surface area contributed by atoms with E-state index in [1.165, 1.54) is 18.9 Å². The van der Waals surface area contributed by atoms with E-state index in [1.807, 2.05) is 42.5 Å². The maximum atomic E-state index is 12.4. The number of aliphatic hydroxyl groups is 2. The van der Waals surface area contributed by atoms with Crippen molar-refractivity contribution < 1.29 is 29.3 Å². The number of carbonyl (C=O) groups excluding carboxylic acids is 2. The van der Waals surface area contributed by atoms with Gasteiger partial charge in [0.05, 0.1) is 19.3 Å². The van der Waals surface area contributed by atoms with E-state index in [-0.39, 0.29) is 35.9 Å².